The second-order valence-corrected chi connectivity index (χ2v) is 23.3. The molecule has 1 rings (SSSR count). The van der Waals surface area contributed by atoms with E-state index in [2.05, 4.69) is 13.8 Å². The van der Waals surface area contributed by atoms with E-state index in [4.69, 9.17) is 1.78 Å². The van der Waals surface area contributed by atoms with E-state index in [0.717, 1.165) is 0 Å². The van der Waals surface area contributed by atoms with Crippen LogP contribution >= 0.6 is 0 Å². The van der Waals surface area contributed by atoms with Crippen LogP contribution in [0, 0.1) is 0 Å². The van der Waals surface area contributed by atoms with Gasteiger partial charge in [-0.05, 0) is 0 Å². The molecule has 1 aliphatic heterocycles. The van der Waals surface area contributed by atoms with E-state index in [1.54, 1.807) is 0 Å². The van der Waals surface area contributed by atoms with Crippen molar-refractivity contribution >= 4 is 45.3 Å². The van der Waals surface area contributed by atoms with E-state index in [0.29, 0.717) is 0 Å². The average Bonchev–Trinajstić information content (AvgIpc) is 1.84. The van der Waals surface area contributed by atoms with Crippen LogP contribution in [0.25, 0.3) is 0 Å². The SMILES string of the molecule is CC[CH2][Bi]1[O][Bi]([CH2]CC)[O]1. The van der Waals surface area contributed by atoms with E-state index in [9.17, 15) is 0 Å². The predicted octanol–water partition coefficient (Wildman–Crippen LogP) is 1.83. The van der Waals surface area contributed by atoms with Gasteiger partial charge < -0.3 is 0 Å². The van der Waals surface area contributed by atoms with Gasteiger partial charge in [-0.25, -0.2) is 0 Å². The molecule has 0 spiro atoms. The van der Waals surface area contributed by atoms with E-state index in [-0.39, 0.29) is 0 Å². The first-order chi connectivity index (χ1) is 4.86. The average molecular weight is 536 g/mol. The first kappa shape index (κ1) is 9.77. The second kappa shape index (κ2) is 5.35. The van der Waals surface area contributed by atoms with Gasteiger partial charge in [0.1, 0.15) is 0 Å². The van der Waals surface area contributed by atoms with Gasteiger partial charge in [0.05, 0.1) is 0 Å². The Bertz CT molecular complexity index is 83.7. The van der Waals surface area contributed by atoms with Crippen LogP contribution in [-0.4, -0.2) is 45.3 Å². The van der Waals surface area contributed by atoms with Crippen molar-refractivity contribution in [1.29, 1.82) is 0 Å². The third kappa shape index (κ3) is 2.97. The van der Waals surface area contributed by atoms with Gasteiger partial charge in [0.15, 0.2) is 0 Å². The zero-order chi connectivity index (χ0) is 7.40. The molecule has 1 heterocycles. The molecule has 10 heavy (non-hydrogen) atoms. The van der Waals surface area contributed by atoms with E-state index >= 15 is 0 Å². The summed E-state index contributed by atoms with van der Waals surface area (Å²) < 4.78 is 14.2. The van der Waals surface area contributed by atoms with Crippen LogP contribution in [-0.2, 0) is 1.78 Å². The Kier molecular flexibility index (Phi) is 5.23. The summed E-state index contributed by atoms with van der Waals surface area (Å²) in [7, 11) is 0. The Morgan fingerprint density at radius 1 is 0.900 bits per heavy atom. The van der Waals surface area contributed by atoms with Crippen molar-refractivity contribution in [3.63, 3.8) is 0 Å². The molecular formula is C6H14Bi2O2. The summed E-state index contributed by atoms with van der Waals surface area (Å²) in [5, 5.41) is 0. The fourth-order valence-corrected chi connectivity index (χ4v) is 31.9. The minimum atomic E-state index is -1.56. The molecule has 0 saturated carbocycles. The molecule has 0 radical (unpaired) electrons. The maximum absolute atomic E-state index is 5.81. The van der Waals surface area contributed by atoms with Crippen LogP contribution in [0.2, 0.25) is 8.26 Å². The topological polar surface area (TPSA) is 18.5 Å². The molecule has 60 valence electrons. The summed E-state index contributed by atoms with van der Waals surface area (Å²) in [6, 6.07) is 0. The normalized spacial score (nSPS) is 21.0. The van der Waals surface area contributed by atoms with Crippen LogP contribution in [0.1, 0.15) is 26.7 Å². The number of rotatable bonds is 4. The van der Waals surface area contributed by atoms with Gasteiger partial charge in [-0.15, -0.1) is 0 Å². The molecule has 2 nitrogen and oxygen atoms in total. The minimum absolute atomic E-state index is 1.27. The molecule has 0 bridgehead atoms. The summed E-state index contributed by atoms with van der Waals surface area (Å²) >= 11 is -3.12. The van der Waals surface area contributed by atoms with Crippen molar-refractivity contribution in [2.45, 2.75) is 34.9 Å². The Balaban J connectivity index is 1.95. The summed E-state index contributed by atoms with van der Waals surface area (Å²) in [5.74, 6) is 0. The Hall–Kier alpha value is 1.69. The molecule has 0 amide bonds. The van der Waals surface area contributed by atoms with Gasteiger partial charge in [0.2, 0.25) is 0 Å². The third-order valence-corrected chi connectivity index (χ3v) is 35.2. The van der Waals surface area contributed by atoms with E-state index < -0.39 is 45.3 Å². The third-order valence-electron chi connectivity index (χ3n) is 1.18. The van der Waals surface area contributed by atoms with Crippen LogP contribution in [0.3, 0.4) is 0 Å². The van der Waals surface area contributed by atoms with Gasteiger partial charge in [-0.3, -0.25) is 0 Å². The molecule has 1 fully saturated rings. The van der Waals surface area contributed by atoms with Crippen molar-refractivity contribution in [1.82, 2.24) is 0 Å². The Morgan fingerprint density at radius 3 is 1.60 bits per heavy atom. The van der Waals surface area contributed by atoms with Crippen LogP contribution in [0.4, 0.5) is 0 Å². The van der Waals surface area contributed by atoms with Crippen molar-refractivity contribution in [2.75, 3.05) is 0 Å². The molecule has 0 aromatic rings. The maximum atomic E-state index is 5.81. The Labute approximate surface area is 81.1 Å². The predicted molar refractivity (Wildman–Crippen MR) is 43.9 cm³/mol. The molecule has 1 aliphatic rings. The monoisotopic (exact) mass is 536 g/mol. The van der Waals surface area contributed by atoms with Crippen LogP contribution < -0.4 is 0 Å². The second-order valence-electron chi connectivity index (χ2n) is 2.28. The standard InChI is InChI=1S/2C3H7.2Bi.2O/c2*1-3-2;;;;/h2*1,3H2,2H3;;;;. The fraction of sp³-hybridized carbons (Fsp3) is 1.00. The molecule has 0 aromatic carbocycles. The number of hydrogen-bond donors (Lipinski definition) is 0. The zero-order valence-electron chi connectivity index (χ0n) is 6.54. The molecule has 1 saturated heterocycles. The first-order valence-corrected chi connectivity index (χ1v) is 14.4. The van der Waals surface area contributed by atoms with E-state index in [1.807, 2.05) is 0 Å². The zero-order valence-corrected chi connectivity index (χ0v) is 13.5. The van der Waals surface area contributed by atoms with Gasteiger partial charge >= 0.3 is 82.0 Å². The van der Waals surface area contributed by atoms with Gasteiger partial charge in [0, 0.05) is 0 Å². The molecule has 0 unspecified atom stereocenters. The van der Waals surface area contributed by atoms with E-state index in [1.165, 1.54) is 21.1 Å². The molecule has 0 aliphatic carbocycles. The van der Waals surface area contributed by atoms with Gasteiger partial charge in [-0.2, -0.15) is 0 Å². The molecular weight excluding hydrogens is 522 g/mol. The molecule has 0 atom stereocenters. The molecule has 0 aromatic heterocycles. The molecule has 0 N–H and O–H groups in total. The van der Waals surface area contributed by atoms with Crippen molar-refractivity contribution < 1.29 is 1.78 Å². The fourth-order valence-electron chi connectivity index (χ4n) is 0.738. The summed E-state index contributed by atoms with van der Waals surface area (Å²) in [4.78, 5) is 0. The summed E-state index contributed by atoms with van der Waals surface area (Å²) in [6.45, 7) is 4.42. The summed E-state index contributed by atoms with van der Waals surface area (Å²) in [6.07, 6.45) is 2.53. The van der Waals surface area contributed by atoms with Crippen molar-refractivity contribution in [3.8, 4) is 0 Å². The van der Waals surface area contributed by atoms with Gasteiger partial charge in [-0.1, -0.05) is 0 Å². The van der Waals surface area contributed by atoms with Crippen molar-refractivity contribution in [2.24, 2.45) is 0 Å². The summed E-state index contributed by atoms with van der Waals surface area (Å²) in [5.41, 5.74) is 0. The molecule has 4 heteroatoms. The van der Waals surface area contributed by atoms with Crippen LogP contribution in [0.5, 0.6) is 0 Å². The van der Waals surface area contributed by atoms with Crippen LogP contribution in [0.15, 0.2) is 0 Å². The Morgan fingerprint density at radius 2 is 1.30 bits per heavy atom. The quantitative estimate of drug-likeness (QED) is 0.512. The number of hydrogen-bond acceptors (Lipinski definition) is 2. The van der Waals surface area contributed by atoms with Gasteiger partial charge in [0.25, 0.3) is 0 Å². The first-order valence-electron chi connectivity index (χ1n) is 3.78. The van der Waals surface area contributed by atoms with Crippen molar-refractivity contribution in [3.05, 3.63) is 0 Å².